The van der Waals surface area contributed by atoms with Gasteiger partial charge < -0.3 is 8.98 Å². The largest absolute Gasteiger partial charge is 0.454 e. The van der Waals surface area contributed by atoms with Crippen molar-refractivity contribution in [2.45, 2.75) is 0 Å². The Morgan fingerprint density at radius 2 is 0.910 bits per heavy atom. The van der Waals surface area contributed by atoms with Gasteiger partial charge in [-0.05, 0) is 98.0 Å². The smallest absolute Gasteiger partial charge is 0.238 e. The molecule has 0 amide bonds. The summed E-state index contributed by atoms with van der Waals surface area (Å²) in [5.41, 5.74) is 11.4. The van der Waals surface area contributed by atoms with Crippen molar-refractivity contribution in [1.82, 2.24) is 24.1 Å². The summed E-state index contributed by atoms with van der Waals surface area (Å²) < 4.78 is 11.2. The van der Waals surface area contributed by atoms with Crippen molar-refractivity contribution in [2.75, 3.05) is 0 Å². The van der Waals surface area contributed by atoms with Gasteiger partial charge in [-0.25, -0.2) is 4.98 Å². The summed E-state index contributed by atoms with van der Waals surface area (Å²) in [6.45, 7) is 0. The maximum Gasteiger partial charge on any atom is 0.238 e. The van der Waals surface area contributed by atoms with Crippen LogP contribution in [0.25, 0.3) is 143 Å². The molecule has 6 nitrogen and oxygen atoms in total. The molecule has 0 fully saturated rings. The zero-order chi connectivity index (χ0) is 43.7. The first-order valence-corrected chi connectivity index (χ1v) is 22.7. The van der Waals surface area contributed by atoms with Crippen molar-refractivity contribution < 1.29 is 4.42 Å². The summed E-state index contributed by atoms with van der Waals surface area (Å²) in [4.78, 5) is 15.8. The molecule has 310 valence electrons. The van der Waals surface area contributed by atoms with Crippen molar-refractivity contribution in [3.63, 3.8) is 0 Å². The van der Waals surface area contributed by atoms with Crippen LogP contribution in [-0.4, -0.2) is 24.1 Å². The average Bonchev–Trinajstić information content (AvgIpc) is 4.06. The molecule has 15 rings (SSSR count). The summed E-state index contributed by atoms with van der Waals surface area (Å²) in [5.74, 6) is 1.81. The fourth-order valence-electron chi connectivity index (χ4n) is 10.8. The van der Waals surface area contributed by atoms with E-state index in [1.54, 1.807) is 0 Å². The van der Waals surface area contributed by atoms with E-state index in [-0.39, 0.29) is 0 Å². The molecule has 0 spiro atoms. The molecule has 67 heavy (non-hydrogen) atoms. The van der Waals surface area contributed by atoms with Crippen LogP contribution in [0.1, 0.15) is 0 Å². The number of rotatable bonds is 5. The fourth-order valence-corrected chi connectivity index (χ4v) is 10.8. The Morgan fingerprint density at radius 3 is 1.70 bits per heavy atom. The van der Waals surface area contributed by atoms with Gasteiger partial charge >= 0.3 is 0 Å². The van der Waals surface area contributed by atoms with Crippen LogP contribution in [0.15, 0.2) is 217 Å². The molecule has 0 aliphatic rings. The van der Waals surface area contributed by atoms with E-state index in [1.165, 1.54) is 37.9 Å². The first-order valence-electron chi connectivity index (χ1n) is 22.7. The lowest BCUT2D eigenvalue weighted by atomic mass is 9.94. The third kappa shape index (κ3) is 5.29. The number of fused-ring (bicyclic) bond motifs is 8. The molecule has 4 aromatic heterocycles. The van der Waals surface area contributed by atoms with Gasteiger partial charge in [0.15, 0.2) is 17.2 Å². The second kappa shape index (κ2) is 13.7. The number of benzene rings is 11. The first kappa shape index (κ1) is 36.2. The lowest BCUT2D eigenvalue weighted by molar-refractivity contribution is 0.666. The van der Waals surface area contributed by atoms with Crippen molar-refractivity contribution in [3.8, 4) is 45.5 Å². The maximum atomic E-state index is 6.62. The monoisotopic (exact) mass is 853 g/mol. The molecular formula is C61H35N5O. The van der Waals surface area contributed by atoms with Crippen molar-refractivity contribution in [2.24, 2.45) is 0 Å². The van der Waals surface area contributed by atoms with E-state index in [1.807, 2.05) is 6.07 Å². The Bertz CT molecular complexity index is 4440. The summed E-state index contributed by atoms with van der Waals surface area (Å²) >= 11 is 0. The molecule has 0 saturated heterocycles. The van der Waals surface area contributed by atoms with Gasteiger partial charge in [0.05, 0.1) is 27.8 Å². The van der Waals surface area contributed by atoms with Crippen molar-refractivity contribution in [1.29, 1.82) is 0 Å². The van der Waals surface area contributed by atoms with E-state index in [0.717, 1.165) is 87.9 Å². The summed E-state index contributed by atoms with van der Waals surface area (Å²) in [6, 6.07) is 75.7. The number of hydrogen-bond donors (Lipinski definition) is 0. The van der Waals surface area contributed by atoms with Crippen LogP contribution >= 0.6 is 0 Å². The average molecular weight is 854 g/mol. The highest BCUT2D eigenvalue weighted by atomic mass is 16.3. The summed E-state index contributed by atoms with van der Waals surface area (Å²) in [5, 5.41) is 14.0. The second-order valence-corrected chi connectivity index (χ2v) is 17.6. The molecule has 0 radical (unpaired) electrons. The van der Waals surface area contributed by atoms with Gasteiger partial charge in [-0.2, -0.15) is 9.97 Å². The fraction of sp³-hybridized carbons (Fsp3) is 0. The van der Waals surface area contributed by atoms with Gasteiger partial charge in [-0.1, -0.05) is 158 Å². The van der Waals surface area contributed by atoms with E-state index in [2.05, 4.69) is 215 Å². The topological polar surface area (TPSA) is 61.7 Å². The van der Waals surface area contributed by atoms with Gasteiger partial charge in [-0.3, -0.25) is 4.57 Å². The minimum atomic E-state index is 0.569. The summed E-state index contributed by atoms with van der Waals surface area (Å²) in [6.07, 6.45) is 0. The highest BCUT2D eigenvalue weighted by Gasteiger charge is 2.23. The zero-order valence-electron chi connectivity index (χ0n) is 35.9. The molecule has 6 heteroatoms. The Hall–Kier alpha value is -9.13. The minimum Gasteiger partial charge on any atom is -0.454 e. The van der Waals surface area contributed by atoms with Crippen LogP contribution in [-0.2, 0) is 0 Å². The number of para-hydroxylation sites is 3. The van der Waals surface area contributed by atoms with Gasteiger partial charge in [0, 0.05) is 43.4 Å². The van der Waals surface area contributed by atoms with Crippen LogP contribution in [0.5, 0.6) is 0 Å². The van der Waals surface area contributed by atoms with E-state index in [0.29, 0.717) is 17.6 Å². The van der Waals surface area contributed by atoms with Gasteiger partial charge in [0.1, 0.15) is 5.58 Å². The predicted molar refractivity (Wildman–Crippen MR) is 276 cm³/mol. The predicted octanol–water partition coefficient (Wildman–Crippen LogP) is 15.9. The van der Waals surface area contributed by atoms with Gasteiger partial charge in [0.2, 0.25) is 5.95 Å². The van der Waals surface area contributed by atoms with Gasteiger partial charge in [0.25, 0.3) is 0 Å². The normalized spacial score (nSPS) is 12.2. The van der Waals surface area contributed by atoms with E-state index >= 15 is 0 Å². The van der Waals surface area contributed by atoms with E-state index in [9.17, 15) is 0 Å². The number of hydrogen-bond acceptors (Lipinski definition) is 4. The SMILES string of the molecule is c1ccc2cc(-c3nc(-c4ccc5ccccc5c4)nc(-n4c5ccccc5c5cc(-c6ccc7c8c6ccc6cccc(c68)n7-c6cccc7c6oc6ccccc67)ccc54)n3)ccc2c1. The number of aromatic nitrogens is 5. The molecule has 0 bridgehead atoms. The van der Waals surface area contributed by atoms with Crippen LogP contribution < -0.4 is 0 Å². The molecule has 0 atom stereocenters. The lowest BCUT2D eigenvalue weighted by Gasteiger charge is -2.12. The lowest BCUT2D eigenvalue weighted by Crippen LogP contribution is -2.06. The Labute approximate surface area is 382 Å². The number of furan rings is 1. The Morgan fingerprint density at radius 1 is 0.328 bits per heavy atom. The van der Waals surface area contributed by atoms with Crippen LogP contribution in [0.2, 0.25) is 0 Å². The molecule has 11 aromatic carbocycles. The third-order valence-corrected chi connectivity index (χ3v) is 13.9. The molecule has 0 aliphatic carbocycles. The molecule has 4 heterocycles. The Kier molecular flexibility index (Phi) is 7.40. The quantitative estimate of drug-likeness (QED) is 0.162. The number of nitrogens with zero attached hydrogens (tertiary/aromatic N) is 5. The molecule has 0 unspecified atom stereocenters. The molecule has 0 saturated carbocycles. The molecular weight excluding hydrogens is 819 g/mol. The first-order chi connectivity index (χ1) is 33.2. The van der Waals surface area contributed by atoms with Gasteiger partial charge in [-0.15, -0.1) is 0 Å². The standard InChI is InChI=1S/C61H35N5O/c1-3-13-39-33-42(25-23-36(39)11-1)59-62-60(43-26-24-37-12-2-4-14-40(37)34-43)64-61(63-59)66-50-19-7-5-16-45(50)49-35-41(28-31-51(49)66)44-30-32-53-57-47(44)29-27-38-15-9-20-52(56(38)57)65(53)54-21-10-18-48-46-17-6-8-22-55(46)67-58(48)54/h1-35H. The molecule has 0 aliphatic heterocycles. The van der Waals surface area contributed by atoms with Crippen molar-refractivity contribution >= 4 is 97.9 Å². The van der Waals surface area contributed by atoms with E-state index < -0.39 is 0 Å². The summed E-state index contributed by atoms with van der Waals surface area (Å²) in [7, 11) is 0. The molecule has 15 aromatic rings. The third-order valence-electron chi connectivity index (χ3n) is 13.9. The maximum absolute atomic E-state index is 6.62. The minimum absolute atomic E-state index is 0.569. The van der Waals surface area contributed by atoms with Crippen LogP contribution in [0.4, 0.5) is 0 Å². The van der Waals surface area contributed by atoms with Crippen molar-refractivity contribution in [3.05, 3.63) is 212 Å². The Balaban J connectivity index is 0.935. The highest BCUT2D eigenvalue weighted by molar-refractivity contribution is 6.27. The highest BCUT2D eigenvalue weighted by Crippen LogP contribution is 2.45. The van der Waals surface area contributed by atoms with Crippen LogP contribution in [0.3, 0.4) is 0 Å². The zero-order valence-corrected chi connectivity index (χ0v) is 35.9. The second-order valence-electron chi connectivity index (χ2n) is 17.6. The van der Waals surface area contributed by atoms with E-state index in [4.69, 9.17) is 19.4 Å². The molecule has 0 N–H and O–H groups in total. The van der Waals surface area contributed by atoms with Crippen LogP contribution in [0, 0.1) is 0 Å².